The Balaban J connectivity index is 0.000000678. The van der Waals surface area contributed by atoms with Gasteiger partial charge in [0.05, 0.1) is 13.0 Å². The molecule has 28 heavy (non-hydrogen) atoms. The first kappa shape index (κ1) is 26.6. The van der Waals surface area contributed by atoms with Crippen LogP contribution in [-0.2, 0) is 41.0 Å². The van der Waals surface area contributed by atoms with Crippen molar-refractivity contribution in [2.75, 3.05) is 7.11 Å². The molecule has 0 bridgehead atoms. The van der Waals surface area contributed by atoms with Gasteiger partial charge in [0.15, 0.2) is 0 Å². The molecule has 2 atom stereocenters. The molecule has 2 aliphatic carbocycles. The van der Waals surface area contributed by atoms with Crippen LogP contribution in [0.25, 0.3) is 0 Å². The van der Waals surface area contributed by atoms with Crippen molar-refractivity contribution in [3.8, 4) is 0 Å². The maximum absolute atomic E-state index is 11.7. The summed E-state index contributed by atoms with van der Waals surface area (Å²) in [6.07, 6.45) is 14.1. The number of Topliss-reactive ketones (excluding diaryl/α,β-unsaturated/α-hetero) is 1. The Morgan fingerprint density at radius 3 is 1.68 bits per heavy atom. The third-order valence-corrected chi connectivity index (χ3v) is 3.65. The van der Waals surface area contributed by atoms with E-state index in [0.29, 0.717) is 5.92 Å². The van der Waals surface area contributed by atoms with E-state index in [0.717, 1.165) is 5.92 Å². The Morgan fingerprint density at radius 1 is 0.821 bits per heavy atom. The number of carbonyl (C=O) groups excluding carboxylic acids is 4. The fourth-order valence-corrected chi connectivity index (χ4v) is 2.05. The van der Waals surface area contributed by atoms with Gasteiger partial charge in [0.25, 0.3) is 0 Å². The van der Waals surface area contributed by atoms with Crippen LogP contribution in [0.15, 0.2) is 0 Å². The molecule has 0 spiro atoms. The Bertz CT molecular complexity index is 529. The summed E-state index contributed by atoms with van der Waals surface area (Å²) in [5.41, 5.74) is 0. The Hall–Kier alpha value is -1.40. The predicted molar refractivity (Wildman–Crippen MR) is 98.8 cm³/mol. The first-order valence-corrected chi connectivity index (χ1v) is 8.39. The molecular weight excluding hydrogens is 404 g/mol. The van der Waals surface area contributed by atoms with E-state index in [1.54, 1.807) is 39.5 Å². The van der Waals surface area contributed by atoms with Crippen molar-refractivity contribution in [2.45, 2.75) is 32.9 Å². The second kappa shape index (κ2) is 13.7. The van der Waals surface area contributed by atoms with Crippen molar-refractivity contribution in [1.29, 1.82) is 0 Å². The Kier molecular flexibility index (Phi) is 13.0. The van der Waals surface area contributed by atoms with E-state index < -0.39 is 24.0 Å². The number of hydrogen-bond acceptors (Lipinski definition) is 5. The molecule has 0 aromatic carbocycles. The van der Waals surface area contributed by atoms with E-state index in [9.17, 15) is 19.2 Å². The van der Waals surface area contributed by atoms with Crippen molar-refractivity contribution in [3.63, 3.8) is 0 Å². The minimum absolute atomic E-state index is 0. The number of carbonyl (C=O) groups is 4. The fraction of sp³-hybridized carbons (Fsp3) is 0.300. The molecule has 2 amide bonds. The second-order valence-electron chi connectivity index (χ2n) is 5.85. The van der Waals surface area contributed by atoms with Crippen LogP contribution >= 0.6 is 0 Å². The zero-order valence-corrected chi connectivity index (χ0v) is 17.3. The van der Waals surface area contributed by atoms with Crippen LogP contribution in [-0.4, -0.2) is 42.8 Å². The predicted octanol–water partition coefficient (Wildman–Crippen LogP) is 0.552. The van der Waals surface area contributed by atoms with Gasteiger partial charge in [-0.15, -0.1) is 0 Å². The van der Waals surface area contributed by atoms with Crippen molar-refractivity contribution in [1.82, 2.24) is 10.6 Å². The summed E-state index contributed by atoms with van der Waals surface area (Å²) in [4.78, 5) is 45.1. The summed E-state index contributed by atoms with van der Waals surface area (Å²) in [7, 11) is 1.24. The number of rotatable bonds is 6. The van der Waals surface area contributed by atoms with E-state index in [1.165, 1.54) is 14.0 Å². The number of ketones is 1. The van der Waals surface area contributed by atoms with Gasteiger partial charge in [-0.05, 0) is 72.1 Å². The third-order valence-electron chi connectivity index (χ3n) is 3.65. The quantitative estimate of drug-likeness (QED) is 0.476. The maximum atomic E-state index is 11.7. The van der Waals surface area contributed by atoms with E-state index in [2.05, 4.69) is 15.4 Å². The number of esters is 1. The largest absolute Gasteiger partial charge is 2.00 e. The summed E-state index contributed by atoms with van der Waals surface area (Å²) >= 11 is 0. The zero-order chi connectivity index (χ0) is 20.4. The first-order valence-electron chi connectivity index (χ1n) is 8.39. The Morgan fingerprint density at radius 2 is 1.29 bits per heavy atom. The van der Waals surface area contributed by atoms with Gasteiger partial charge in [-0.25, -0.2) is 4.79 Å². The molecule has 0 saturated heterocycles. The average molecular weight is 428 g/mol. The number of amides is 2. The van der Waals surface area contributed by atoms with Crippen LogP contribution in [0.3, 0.4) is 0 Å². The molecule has 10 radical (unpaired) electrons. The molecule has 2 aliphatic rings. The van der Waals surface area contributed by atoms with E-state index in [1.807, 2.05) is 25.7 Å². The van der Waals surface area contributed by atoms with Crippen LogP contribution < -0.4 is 10.6 Å². The van der Waals surface area contributed by atoms with E-state index in [4.69, 9.17) is 0 Å². The molecule has 2 saturated carbocycles. The van der Waals surface area contributed by atoms with Gasteiger partial charge in [-0.1, -0.05) is 0 Å². The van der Waals surface area contributed by atoms with Gasteiger partial charge in [0, 0.05) is 5.92 Å². The first-order chi connectivity index (χ1) is 12.8. The number of nitrogens with one attached hydrogen (secondary N) is 2. The molecule has 2 rings (SSSR count). The molecule has 0 unspecified atom stereocenters. The third kappa shape index (κ3) is 9.20. The molecule has 2 fully saturated rings. The van der Waals surface area contributed by atoms with E-state index in [-0.39, 0.29) is 28.8 Å². The summed E-state index contributed by atoms with van der Waals surface area (Å²) < 4.78 is 4.49. The smallest absolute Gasteiger partial charge is 0.467 e. The molecule has 0 aliphatic heterocycles. The van der Waals surface area contributed by atoms with Crippen molar-refractivity contribution in [2.24, 2.45) is 0 Å². The van der Waals surface area contributed by atoms with Crippen molar-refractivity contribution < 1.29 is 41.0 Å². The normalized spacial score (nSPS) is 18.7. The van der Waals surface area contributed by atoms with Crippen LogP contribution in [0.2, 0.25) is 0 Å². The maximum Gasteiger partial charge on any atom is 2.00 e. The summed E-state index contributed by atoms with van der Waals surface area (Å²) in [6.45, 7) is 4.62. The standard InChI is InChI=1S/C13H17N2O4.C7H7O.Fe/c1-8(11(16)15-9(2)13(18)19-3)14-12(17)10-6-4-5-7-10;1-6(8)7-4-2-3-5-7;/h4-9H,1-3H3,(H,14,17)(H,15,16);2-5H,1H3;/q;;+2/t8-,9-;;/m0../s1. The summed E-state index contributed by atoms with van der Waals surface area (Å²) in [5.74, 6) is 0.0970. The average Bonchev–Trinajstić information content (AvgIpc) is 3.34. The molecule has 0 heterocycles. The summed E-state index contributed by atoms with van der Waals surface area (Å²) in [5, 5.41) is 4.99. The van der Waals surface area contributed by atoms with Crippen LogP contribution in [0.5, 0.6) is 0 Å². The van der Waals surface area contributed by atoms with E-state index >= 15 is 0 Å². The Labute approximate surface area is 178 Å². The SMILES string of the molecule is CC(=O)[C]1[CH][CH][CH][CH]1.COC(=O)[C@H](C)NC(=O)[C@H](C)NC(=O)[C]1[CH][CH][CH][CH]1.[Fe+2]. The molecule has 8 heteroatoms. The topological polar surface area (TPSA) is 102 Å². The van der Waals surface area contributed by atoms with Crippen LogP contribution in [0, 0.1) is 63.2 Å². The van der Waals surface area contributed by atoms with Gasteiger partial charge in [0.2, 0.25) is 11.8 Å². The molecule has 0 aromatic heterocycles. The second-order valence-corrected chi connectivity index (χ2v) is 5.85. The minimum Gasteiger partial charge on any atom is -0.467 e. The summed E-state index contributed by atoms with van der Waals surface area (Å²) in [6, 6.07) is -1.50. The minimum atomic E-state index is -0.754. The van der Waals surface area contributed by atoms with Gasteiger partial charge in [-0.2, -0.15) is 0 Å². The van der Waals surface area contributed by atoms with Crippen molar-refractivity contribution in [3.05, 3.63) is 63.2 Å². The number of methoxy groups -OCH3 is 1. The number of hydrogen-bond donors (Lipinski definition) is 2. The molecular formula is C20H24FeN2O5+2. The molecule has 150 valence electrons. The number of ether oxygens (including phenoxy) is 1. The van der Waals surface area contributed by atoms with Gasteiger partial charge < -0.3 is 15.4 Å². The van der Waals surface area contributed by atoms with Crippen LogP contribution in [0.4, 0.5) is 0 Å². The fourth-order valence-electron chi connectivity index (χ4n) is 2.05. The monoisotopic (exact) mass is 428 g/mol. The van der Waals surface area contributed by atoms with Gasteiger partial charge >= 0.3 is 23.0 Å². The zero-order valence-electron chi connectivity index (χ0n) is 16.2. The molecule has 0 aromatic rings. The molecule has 7 nitrogen and oxygen atoms in total. The molecule has 2 N–H and O–H groups in total. The van der Waals surface area contributed by atoms with Crippen molar-refractivity contribution >= 4 is 23.6 Å². The van der Waals surface area contributed by atoms with Crippen LogP contribution in [0.1, 0.15) is 20.8 Å². The van der Waals surface area contributed by atoms with Gasteiger partial charge in [-0.3, -0.25) is 14.4 Å². The van der Waals surface area contributed by atoms with Gasteiger partial charge in [0.1, 0.15) is 17.9 Å².